The third-order valence-electron chi connectivity index (χ3n) is 5.80. The van der Waals surface area contributed by atoms with Crippen LogP contribution >= 0.6 is 11.7 Å². The maximum atomic E-state index is 13.3. The van der Waals surface area contributed by atoms with Gasteiger partial charge in [0.1, 0.15) is 22.0 Å². The van der Waals surface area contributed by atoms with Gasteiger partial charge in [0, 0.05) is 19.1 Å². The lowest BCUT2D eigenvalue weighted by molar-refractivity contribution is -0.123. The van der Waals surface area contributed by atoms with E-state index in [2.05, 4.69) is 18.8 Å². The number of sulfonamides is 1. The number of fused-ring (bicyclic) bond motifs is 1. The van der Waals surface area contributed by atoms with Crippen LogP contribution in [0.1, 0.15) is 25.3 Å². The summed E-state index contributed by atoms with van der Waals surface area (Å²) in [7, 11) is -4.06. The lowest BCUT2D eigenvalue weighted by Gasteiger charge is -2.32. The zero-order valence-corrected chi connectivity index (χ0v) is 20.8. The van der Waals surface area contributed by atoms with Gasteiger partial charge in [-0.25, -0.2) is 13.2 Å². The van der Waals surface area contributed by atoms with Gasteiger partial charge in [-0.3, -0.25) is 4.79 Å². The fourth-order valence-corrected chi connectivity index (χ4v) is 5.97. The molecule has 3 aromatic rings. The number of carbonyl (C=O) groups is 2. The molecule has 186 valence electrons. The fourth-order valence-electron chi connectivity index (χ4n) is 4.01. The summed E-state index contributed by atoms with van der Waals surface area (Å²) >= 11 is 0.931. The Morgan fingerprint density at radius 3 is 2.57 bits per heavy atom. The maximum absolute atomic E-state index is 13.3. The van der Waals surface area contributed by atoms with Crippen LogP contribution in [-0.2, 0) is 26.0 Å². The summed E-state index contributed by atoms with van der Waals surface area (Å²) in [5.74, 6) is -0.421. The average Bonchev–Trinajstić information content (AvgIpc) is 3.34. The molecule has 4 rings (SSSR count). The SMILES string of the molecule is CCOC(=O)N1CCC(NC(=O)[C@@H](Cc2ccccc2)NS(=O)(=O)c2cccc3nsnc23)CC1. The van der Waals surface area contributed by atoms with Crippen LogP contribution in [0.5, 0.6) is 0 Å². The molecule has 2 aromatic carbocycles. The second-order valence-electron chi connectivity index (χ2n) is 8.22. The van der Waals surface area contributed by atoms with E-state index < -0.39 is 22.0 Å². The van der Waals surface area contributed by atoms with Gasteiger partial charge in [-0.1, -0.05) is 36.4 Å². The number of piperidine rings is 1. The number of carbonyl (C=O) groups excluding carboxylic acids is 2. The van der Waals surface area contributed by atoms with E-state index in [1.807, 2.05) is 30.3 Å². The van der Waals surface area contributed by atoms with E-state index in [4.69, 9.17) is 4.74 Å². The van der Waals surface area contributed by atoms with Crippen LogP contribution in [-0.4, -0.2) is 65.8 Å². The molecule has 1 saturated heterocycles. The maximum Gasteiger partial charge on any atom is 0.409 e. The van der Waals surface area contributed by atoms with Gasteiger partial charge < -0.3 is 15.0 Å². The normalized spacial score (nSPS) is 15.6. The van der Waals surface area contributed by atoms with Gasteiger partial charge in [0.25, 0.3) is 0 Å². The number of amides is 2. The summed E-state index contributed by atoms with van der Waals surface area (Å²) in [4.78, 5) is 26.8. The Labute approximate surface area is 208 Å². The largest absolute Gasteiger partial charge is 0.450 e. The lowest BCUT2D eigenvalue weighted by atomic mass is 10.0. The molecule has 1 aliphatic rings. The highest BCUT2D eigenvalue weighted by atomic mass is 32.2. The van der Waals surface area contributed by atoms with Crippen molar-refractivity contribution >= 4 is 44.8 Å². The molecule has 0 aliphatic carbocycles. The summed E-state index contributed by atoms with van der Waals surface area (Å²) in [6.45, 7) is 2.97. The fraction of sp³-hybridized carbons (Fsp3) is 0.391. The first-order chi connectivity index (χ1) is 16.9. The summed E-state index contributed by atoms with van der Waals surface area (Å²) in [5.41, 5.74) is 1.58. The van der Waals surface area contributed by atoms with Gasteiger partial charge >= 0.3 is 6.09 Å². The van der Waals surface area contributed by atoms with E-state index in [-0.39, 0.29) is 29.0 Å². The van der Waals surface area contributed by atoms with Crippen molar-refractivity contribution in [1.82, 2.24) is 23.7 Å². The Morgan fingerprint density at radius 1 is 1.11 bits per heavy atom. The third kappa shape index (κ3) is 6.13. The van der Waals surface area contributed by atoms with Gasteiger partial charge in [0.15, 0.2) is 0 Å². The van der Waals surface area contributed by atoms with Crippen molar-refractivity contribution in [3.05, 3.63) is 54.1 Å². The molecule has 1 fully saturated rings. The number of hydrogen-bond acceptors (Lipinski definition) is 8. The minimum Gasteiger partial charge on any atom is -0.450 e. The Morgan fingerprint density at radius 2 is 1.86 bits per heavy atom. The number of ether oxygens (including phenoxy) is 1. The molecule has 0 spiro atoms. The molecule has 0 bridgehead atoms. The number of aromatic nitrogens is 2. The van der Waals surface area contributed by atoms with Crippen molar-refractivity contribution in [3.8, 4) is 0 Å². The highest BCUT2D eigenvalue weighted by molar-refractivity contribution is 7.89. The van der Waals surface area contributed by atoms with E-state index in [1.54, 1.807) is 24.0 Å². The lowest BCUT2D eigenvalue weighted by Crippen LogP contribution is -2.53. The van der Waals surface area contributed by atoms with E-state index in [0.29, 0.717) is 38.1 Å². The van der Waals surface area contributed by atoms with Crippen LogP contribution in [0.25, 0.3) is 11.0 Å². The van der Waals surface area contributed by atoms with Crippen molar-refractivity contribution in [2.45, 2.75) is 43.2 Å². The number of nitrogens with zero attached hydrogens (tertiary/aromatic N) is 3. The second-order valence-corrected chi connectivity index (χ2v) is 10.4. The topological polar surface area (TPSA) is 131 Å². The molecule has 0 saturated carbocycles. The number of likely N-dealkylation sites (tertiary alicyclic amines) is 1. The molecule has 1 aliphatic heterocycles. The summed E-state index contributed by atoms with van der Waals surface area (Å²) < 4.78 is 42.5. The minimum absolute atomic E-state index is 0.0163. The number of nitrogens with one attached hydrogen (secondary N) is 2. The zero-order valence-electron chi connectivity index (χ0n) is 19.2. The van der Waals surface area contributed by atoms with Crippen molar-refractivity contribution in [2.75, 3.05) is 19.7 Å². The average molecular weight is 518 g/mol. The van der Waals surface area contributed by atoms with Gasteiger partial charge in [0.05, 0.1) is 18.3 Å². The molecule has 12 heteroatoms. The molecule has 0 unspecified atom stereocenters. The first kappa shape index (κ1) is 25.0. The number of rotatable bonds is 8. The second kappa shape index (κ2) is 11.1. The molecule has 1 aromatic heterocycles. The van der Waals surface area contributed by atoms with E-state index in [9.17, 15) is 18.0 Å². The molecular weight excluding hydrogens is 490 g/mol. The Hall–Kier alpha value is -3.09. The van der Waals surface area contributed by atoms with Gasteiger partial charge in [-0.05, 0) is 43.9 Å². The quantitative estimate of drug-likeness (QED) is 0.469. The van der Waals surface area contributed by atoms with Crippen molar-refractivity contribution in [3.63, 3.8) is 0 Å². The predicted molar refractivity (Wildman–Crippen MR) is 131 cm³/mol. The van der Waals surface area contributed by atoms with Crippen molar-refractivity contribution in [2.24, 2.45) is 0 Å². The smallest absolute Gasteiger partial charge is 0.409 e. The van der Waals surface area contributed by atoms with Crippen LogP contribution in [0.15, 0.2) is 53.4 Å². The van der Waals surface area contributed by atoms with Crippen LogP contribution in [0, 0.1) is 0 Å². The van der Waals surface area contributed by atoms with Crippen molar-refractivity contribution < 1.29 is 22.7 Å². The first-order valence-corrected chi connectivity index (χ1v) is 13.6. The Bertz CT molecular complexity index is 1270. The van der Waals surface area contributed by atoms with Gasteiger partial charge in [-0.2, -0.15) is 13.5 Å². The highest BCUT2D eigenvalue weighted by Gasteiger charge is 2.31. The van der Waals surface area contributed by atoms with Crippen LogP contribution < -0.4 is 10.0 Å². The molecule has 10 nitrogen and oxygen atoms in total. The molecule has 2 heterocycles. The van der Waals surface area contributed by atoms with Crippen molar-refractivity contribution in [1.29, 1.82) is 0 Å². The summed E-state index contributed by atoms with van der Waals surface area (Å²) in [6, 6.07) is 12.8. The third-order valence-corrected chi connectivity index (χ3v) is 7.85. The molecule has 0 radical (unpaired) electrons. The van der Waals surface area contributed by atoms with Crippen LogP contribution in [0.3, 0.4) is 0 Å². The standard InChI is InChI=1S/C23H27N5O5S2/c1-2-33-23(30)28-13-11-17(12-14-28)24-22(29)19(15-16-7-4-3-5-8-16)27-35(31,32)20-10-6-9-18-21(20)26-34-25-18/h3-10,17,19,27H,2,11-15H2,1H3,(H,24,29)/t19-/m1/s1. The predicted octanol–water partition coefficient (Wildman–Crippen LogP) is 2.32. The van der Waals surface area contributed by atoms with Gasteiger partial charge in [0.2, 0.25) is 15.9 Å². The molecule has 2 amide bonds. The van der Waals surface area contributed by atoms with Gasteiger partial charge in [-0.15, -0.1) is 0 Å². The minimum atomic E-state index is -4.06. The summed E-state index contributed by atoms with van der Waals surface area (Å²) in [5, 5.41) is 2.97. The monoisotopic (exact) mass is 517 g/mol. The molecule has 35 heavy (non-hydrogen) atoms. The Balaban J connectivity index is 1.49. The Kier molecular flexibility index (Phi) is 7.93. The van der Waals surface area contributed by atoms with Crippen LogP contribution in [0.2, 0.25) is 0 Å². The highest BCUT2D eigenvalue weighted by Crippen LogP contribution is 2.22. The van der Waals surface area contributed by atoms with E-state index in [1.165, 1.54) is 6.07 Å². The molecule has 1 atom stereocenters. The number of hydrogen-bond donors (Lipinski definition) is 2. The van der Waals surface area contributed by atoms with E-state index in [0.717, 1.165) is 17.3 Å². The van der Waals surface area contributed by atoms with Crippen LogP contribution in [0.4, 0.5) is 4.79 Å². The number of benzene rings is 2. The molecular formula is C23H27N5O5S2. The first-order valence-electron chi connectivity index (χ1n) is 11.4. The summed E-state index contributed by atoms with van der Waals surface area (Å²) in [6.07, 6.45) is 0.926. The van der Waals surface area contributed by atoms with E-state index >= 15 is 0 Å². The zero-order chi connectivity index (χ0) is 24.8. The molecule has 2 N–H and O–H groups in total.